The van der Waals surface area contributed by atoms with Gasteiger partial charge in [-0.05, 0) is 48.2 Å². The van der Waals surface area contributed by atoms with Crippen LogP contribution in [0.4, 0.5) is 11.5 Å². The number of rotatable bonds is 5. The van der Waals surface area contributed by atoms with Gasteiger partial charge in [0.25, 0.3) is 5.91 Å². The van der Waals surface area contributed by atoms with Crippen LogP contribution in [0.1, 0.15) is 20.8 Å². The molecular weight excluding hydrogens is 306 g/mol. The molecule has 0 atom stereocenters. The Labute approximate surface area is 139 Å². The Kier molecular flexibility index (Phi) is 4.68. The van der Waals surface area contributed by atoms with Crippen LogP contribution < -0.4 is 10.6 Å². The molecule has 4 nitrogen and oxygen atoms in total. The van der Waals surface area contributed by atoms with Crippen molar-refractivity contribution in [2.45, 2.75) is 13.5 Å². The minimum absolute atomic E-state index is 0.137. The van der Waals surface area contributed by atoms with Crippen molar-refractivity contribution < 1.29 is 4.79 Å². The second-order valence-electron chi connectivity index (χ2n) is 5.16. The van der Waals surface area contributed by atoms with Gasteiger partial charge >= 0.3 is 0 Å². The van der Waals surface area contributed by atoms with Crippen LogP contribution in [-0.4, -0.2) is 10.9 Å². The molecular formula is C18H17N3OS. The number of benzene rings is 1. The smallest absolute Gasteiger partial charge is 0.255 e. The maximum absolute atomic E-state index is 12.4. The average molecular weight is 323 g/mol. The fourth-order valence-electron chi connectivity index (χ4n) is 2.22. The zero-order valence-electron chi connectivity index (χ0n) is 12.7. The molecule has 0 unspecified atom stereocenters. The number of carbonyl (C=O) groups is 1. The fraction of sp³-hybridized carbons (Fsp3) is 0.111. The minimum Gasteiger partial charge on any atom is -0.347 e. The van der Waals surface area contributed by atoms with Crippen LogP contribution in [0.5, 0.6) is 0 Å². The lowest BCUT2D eigenvalue weighted by molar-refractivity contribution is 0.0952. The van der Waals surface area contributed by atoms with Crippen LogP contribution in [0.25, 0.3) is 0 Å². The molecule has 0 bridgehead atoms. The van der Waals surface area contributed by atoms with Crippen molar-refractivity contribution in [1.82, 2.24) is 10.3 Å². The van der Waals surface area contributed by atoms with E-state index in [0.717, 1.165) is 16.1 Å². The number of hydrogen-bond donors (Lipinski definition) is 2. The van der Waals surface area contributed by atoms with Gasteiger partial charge in [-0.1, -0.05) is 18.2 Å². The molecule has 0 saturated carbocycles. The second-order valence-corrected chi connectivity index (χ2v) is 6.19. The van der Waals surface area contributed by atoms with Gasteiger partial charge in [-0.15, -0.1) is 11.3 Å². The summed E-state index contributed by atoms with van der Waals surface area (Å²) < 4.78 is 0. The van der Waals surface area contributed by atoms with E-state index in [4.69, 9.17) is 0 Å². The van der Waals surface area contributed by atoms with Gasteiger partial charge in [0.05, 0.1) is 12.1 Å². The van der Waals surface area contributed by atoms with Crippen molar-refractivity contribution >= 4 is 28.7 Å². The Morgan fingerprint density at radius 1 is 1.17 bits per heavy atom. The second kappa shape index (κ2) is 7.07. The normalized spacial score (nSPS) is 10.3. The van der Waals surface area contributed by atoms with Gasteiger partial charge in [-0.3, -0.25) is 4.79 Å². The van der Waals surface area contributed by atoms with Crippen LogP contribution in [0, 0.1) is 6.92 Å². The van der Waals surface area contributed by atoms with E-state index in [-0.39, 0.29) is 5.91 Å². The fourth-order valence-corrected chi connectivity index (χ4v) is 2.87. The molecule has 2 heterocycles. The van der Waals surface area contributed by atoms with Crippen molar-refractivity contribution in [1.29, 1.82) is 0 Å². The number of anilines is 2. The molecule has 0 aliphatic heterocycles. The van der Waals surface area contributed by atoms with Crippen LogP contribution in [0.15, 0.2) is 60.1 Å². The number of amides is 1. The Balaban J connectivity index is 1.75. The average Bonchev–Trinajstić information content (AvgIpc) is 3.07. The summed E-state index contributed by atoms with van der Waals surface area (Å²) in [6, 6.07) is 15.5. The third-order valence-electron chi connectivity index (χ3n) is 3.34. The van der Waals surface area contributed by atoms with E-state index < -0.39 is 0 Å². The molecule has 5 heteroatoms. The van der Waals surface area contributed by atoms with Gasteiger partial charge in [0.15, 0.2) is 0 Å². The molecule has 0 fully saturated rings. The van der Waals surface area contributed by atoms with E-state index in [1.807, 2.05) is 48.7 Å². The number of nitrogens with one attached hydrogen (secondary N) is 2. The van der Waals surface area contributed by atoms with Crippen LogP contribution in [-0.2, 0) is 6.54 Å². The standard InChI is InChI=1S/C18H17N3OS/c1-13-5-2-6-14(11-13)21-17-16(8-3-9-19-17)18(22)20-12-15-7-4-10-23-15/h2-11H,12H2,1H3,(H,19,21)(H,20,22). The monoisotopic (exact) mass is 323 g/mol. The van der Waals surface area contributed by atoms with Gasteiger partial charge < -0.3 is 10.6 Å². The number of aryl methyl sites for hydroxylation is 1. The number of aromatic nitrogens is 1. The van der Waals surface area contributed by atoms with Gasteiger partial charge in [-0.2, -0.15) is 0 Å². The summed E-state index contributed by atoms with van der Waals surface area (Å²) >= 11 is 1.62. The van der Waals surface area contributed by atoms with Crippen LogP contribution >= 0.6 is 11.3 Å². The van der Waals surface area contributed by atoms with Gasteiger partial charge in [0.1, 0.15) is 5.82 Å². The first-order valence-corrected chi connectivity index (χ1v) is 8.19. The summed E-state index contributed by atoms with van der Waals surface area (Å²) in [5.41, 5.74) is 2.59. The van der Waals surface area contributed by atoms with Crippen LogP contribution in [0.3, 0.4) is 0 Å². The van der Waals surface area contributed by atoms with Crippen molar-refractivity contribution in [2.75, 3.05) is 5.32 Å². The molecule has 0 saturated heterocycles. The lowest BCUT2D eigenvalue weighted by Gasteiger charge is -2.11. The van der Waals surface area contributed by atoms with Crippen molar-refractivity contribution in [3.8, 4) is 0 Å². The van der Waals surface area contributed by atoms with E-state index in [2.05, 4.69) is 15.6 Å². The number of pyridine rings is 1. The molecule has 3 rings (SSSR count). The van der Waals surface area contributed by atoms with Crippen molar-refractivity contribution in [3.05, 3.63) is 76.1 Å². The summed E-state index contributed by atoms with van der Waals surface area (Å²) in [5, 5.41) is 8.14. The summed E-state index contributed by atoms with van der Waals surface area (Å²) in [7, 11) is 0. The lowest BCUT2D eigenvalue weighted by atomic mass is 10.2. The summed E-state index contributed by atoms with van der Waals surface area (Å²) in [6.07, 6.45) is 1.67. The predicted octanol–water partition coefficient (Wildman–Crippen LogP) is 4.13. The number of nitrogens with zero attached hydrogens (tertiary/aromatic N) is 1. The molecule has 116 valence electrons. The third kappa shape index (κ3) is 3.96. The first-order valence-electron chi connectivity index (χ1n) is 7.31. The third-order valence-corrected chi connectivity index (χ3v) is 4.21. The highest BCUT2D eigenvalue weighted by Crippen LogP contribution is 2.19. The van der Waals surface area contributed by atoms with E-state index in [1.54, 1.807) is 29.7 Å². The summed E-state index contributed by atoms with van der Waals surface area (Å²) in [6.45, 7) is 2.55. The topological polar surface area (TPSA) is 54.0 Å². The Morgan fingerprint density at radius 2 is 2.09 bits per heavy atom. The number of hydrogen-bond acceptors (Lipinski definition) is 4. The van der Waals surface area contributed by atoms with E-state index in [9.17, 15) is 4.79 Å². The van der Waals surface area contributed by atoms with E-state index in [0.29, 0.717) is 17.9 Å². The van der Waals surface area contributed by atoms with Crippen LogP contribution in [0.2, 0.25) is 0 Å². The quantitative estimate of drug-likeness (QED) is 0.742. The molecule has 1 aromatic carbocycles. The lowest BCUT2D eigenvalue weighted by Crippen LogP contribution is -2.23. The highest BCUT2D eigenvalue weighted by Gasteiger charge is 2.12. The number of thiophene rings is 1. The molecule has 23 heavy (non-hydrogen) atoms. The highest BCUT2D eigenvalue weighted by molar-refractivity contribution is 7.09. The minimum atomic E-state index is -0.137. The van der Waals surface area contributed by atoms with Gasteiger partial charge in [-0.25, -0.2) is 4.98 Å². The molecule has 0 radical (unpaired) electrons. The molecule has 0 aliphatic carbocycles. The molecule has 3 aromatic rings. The number of carbonyl (C=O) groups excluding carboxylic acids is 1. The van der Waals surface area contributed by atoms with E-state index >= 15 is 0 Å². The maximum Gasteiger partial charge on any atom is 0.255 e. The first-order chi connectivity index (χ1) is 11.2. The van der Waals surface area contributed by atoms with Crippen molar-refractivity contribution in [2.24, 2.45) is 0 Å². The summed E-state index contributed by atoms with van der Waals surface area (Å²) in [5.74, 6) is 0.420. The zero-order chi connectivity index (χ0) is 16.1. The Hall–Kier alpha value is -2.66. The summed E-state index contributed by atoms with van der Waals surface area (Å²) in [4.78, 5) is 17.9. The Morgan fingerprint density at radius 3 is 2.87 bits per heavy atom. The SMILES string of the molecule is Cc1cccc(Nc2ncccc2C(=O)NCc2cccs2)c1. The van der Waals surface area contributed by atoms with Gasteiger partial charge in [0, 0.05) is 16.8 Å². The molecule has 0 spiro atoms. The predicted molar refractivity (Wildman–Crippen MR) is 94.2 cm³/mol. The maximum atomic E-state index is 12.4. The zero-order valence-corrected chi connectivity index (χ0v) is 13.6. The molecule has 1 amide bonds. The molecule has 0 aliphatic rings. The Bertz CT molecular complexity index is 800. The largest absolute Gasteiger partial charge is 0.347 e. The van der Waals surface area contributed by atoms with Crippen molar-refractivity contribution in [3.63, 3.8) is 0 Å². The molecule has 2 N–H and O–H groups in total. The van der Waals surface area contributed by atoms with Gasteiger partial charge in [0.2, 0.25) is 0 Å². The first kappa shape index (κ1) is 15.2. The van der Waals surface area contributed by atoms with E-state index in [1.165, 1.54) is 0 Å². The highest BCUT2D eigenvalue weighted by atomic mass is 32.1. The molecule has 2 aromatic heterocycles.